The number of nitrogens with two attached hydrogens (primary N) is 1. The minimum Gasteiger partial charge on any atom is -0.443 e. The summed E-state index contributed by atoms with van der Waals surface area (Å²) in [6.45, 7) is 5.56. The van der Waals surface area contributed by atoms with Crippen molar-refractivity contribution in [1.29, 1.82) is 0 Å². The quantitative estimate of drug-likeness (QED) is 0.786. The van der Waals surface area contributed by atoms with Gasteiger partial charge in [-0.1, -0.05) is 18.9 Å². The number of fused-ring (bicyclic) bond motifs is 1. The maximum absolute atomic E-state index is 13.2. The lowest BCUT2D eigenvalue weighted by Crippen LogP contribution is -2.53. The Kier molecular flexibility index (Phi) is 5.86. The van der Waals surface area contributed by atoms with E-state index < -0.39 is 11.7 Å². The molecule has 0 spiro atoms. The Hall–Kier alpha value is -1.92. The van der Waals surface area contributed by atoms with Gasteiger partial charge in [-0.25, -0.2) is 14.8 Å². The average molecular weight is 391 g/mol. The Bertz CT molecular complexity index is 821. The highest BCUT2D eigenvalue weighted by molar-refractivity contribution is 6.17. The van der Waals surface area contributed by atoms with E-state index in [1.807, 2.05) is 39.0 Å². The van der Waals surface area contributed by atoms with Crippen molar-refractivity contribution >= 4 is 34.4 Å². The first-order chi connectivity index (χ1) is 12.8. The third kappa shape index (κ3) is 4.50. The van der Waals surface area contributed by atoms with Gasteiger partial charge < -0.3 is 10.5 Å². The number of carbonyl (C=O) groups is 1. The predicted molar refractivity (Wildman–Crippen MR) is 108 cm³/mol. The molecule has 0 saturated heterocycles. The molecular formula is C20H27ClN4O2. The fraction of sp³-hybridized carbons (Fsp3) is 0.550. The minimum absolute atomic E-state index is 0.118. The number of anilines is 1. The summed E-state index contributed by atoms with van der Waals surface area (Å²) in [6.07, 6.45) is 4.83. The molecule has 3 rings (SSSR count). The summed E-state index contributed by atoms with van der Waals surface area (Å²) in [5.74, 6) is 0.906. The number of nitrogens with zero attached hydrogens (tertiary/aromatic N) is 3. The Labute approximate surface area is 165 Å². The molecular weight excluding hydrogens is 364 g/mol. The number of carbonyl (C=O) groups excluding carboxylic acids is 1. The lowest BCUT2D eigenvalue weighted by atomic mass is 9.90. The van der Waals surface area contributed by atoms with Crippen LogP contribution in [0.5, 0.6) is 0 Å². The smallest absolute Gasteiger partial charge is 0.416 e. The van der Waals surface area contributed by atoms with E-state index in [1.54, 1.807) is 4.90 Å². The van der Waals surface area contributed by atoms with Crippen LogP contribution in [0.3, 0.4) is 0 Å². The molecule has 1 aliphatic rings. The maximum Gasteiger partial charge on any atom is 0.416 e. The van der Waals surface area contributed by atoms with E-state index in [0.29, 0.717) is 11.7 Å². The first-order valence-corrected chi connectivity index (χ1v) is 9.91. The van der Waals surface area contributed by atoms with Crippen molar-refractivity contribution < 1.29 is 9.53 Å². The van der Waals surface area contributed by atoms with Gasteiger partial charge in [-0.05, 0) is 51.3 Å². The highest BCUT2D eigenvalue weighted by Gasteiger charge is 2.36. The number of hydrogen-bond acceptors (Lipinski definition) is 5. The molecule has 1 saturated carbocycles. The number of aromatic nitrogens is 2. The van der Waals surface area contributed by atoms with Gasteiger partial charge in [0.1, 0.15) is 17.7 Å². The number of benzene rings is 1. The summed E-state index contributed by atoms with van der Waals surface area (Å²) in [7, 11) is 0. The number of amides is 1. The molecule has 1 heterocycles. The van der Waals surface area contributed by atoms with Gasteiger partial charge >= 0.3 is 6.09 Å². The van der Waals surface area contributed by atoms with Crippen LogP contribution in [0.1, 0.15) is 52.0 Å². The second-order valence-electron chi connectivity index (χ2n) is 8.05. The van der Waals surface area contributed by atoms with Crippen LogP contribution in [0.15, 0.2) is 24.5 Å². The van der Waals surface area contributed by atoms with Crippen LogP contribution in [0.25, 0.3) is 10.9 Å². The zero-order chi connectivity index (χ0) is 19.6. The minimum atomic E-state index is -0.613. The zero-order valence-corrected chi connectivity index (χ0v) is 16.9. The predicted octanol–water partition coefficient (Wildman–Crippen LogP) is 4.38. The van der Waals surface area contributed by atoms with E-state index in [2.05, 4.69) is 9.97 Å². The van der Waals surface area contributed by atoms with Crippen LogP contribution < -0.4 is 10.6 Å². The lowest BCUT2D eigenvalue weighted by Gasteiger charge is -2.38. The van der Waals surface area contributed by atoms with E-state index in [4.69, 9.17) is 22.1 Å². The second-order valence-corrected chi connectivity index (χ2v) is 8.32. The first kappa shape index (κ1) is 19.8. The van der Waals surface area contributed by atoms with Crippen LogP contribution in [0.4, 0.5) is 10.6 Å². The van der Waals surface area contributed by atoms with Gasteiger partial charge in [0.25, 0.3) is 0 Å². The summed E-state index contributed by atoms with van der Waals surface area (Å²) in [5.41, 5.74) is 7.49. The molecule has 2 N–H and O–H groups in total. The molecule has 2 aromatic rings. The van der Waals surface area contributed by atoms with Crippen molar-refractivity contribution in [3.8, 4) is 0 Å². The van der Waals surface area contributed by atoms with Gasteiger partial charge in [-0.3, -0.25) is 4.90 Å². The van der Waals surface area contributed by atoms with Crippen molar-refractivity contribution in [2.75, 3.05) is 4.90 Å². The zero-order valence-electron chi connectivity index (χ0n) is 16.1. The molecule has 6 nitrogen and oxygen atoms in total. The van der Waals surface area contributed by atoms with E-state index >= 15 is 0 Å². The van der Waals surface area contributed by atoms with Crippen LogP contribution in [-0.4, -0.2) is 33.7 Å². The van der Waals surface area contributed by atoms with Gasteiger partial charge in [0, 0.05) is 17.3 Å². The molecule has 2 unspecified atom stereocenters. The normalized spacial score (nSPS) is 20.5. The summed E-state index contributed by atoms with van der Waals surface area (Å²) in [6, 6.07) is 5.48. The Morgan fingerprint density at radius 3 is 2.70 bits per heavy atom. The Morgan fingerprint density at radius 1 is 1.30 bits per heavy atom. The molecule has 146 valence electrons. The molecule has 0 bridgehead atoms. The summed E-state index contributed by atoms with van der Waals surface area (Å²) < 4.78 is 5.71. The van der Waals surface area contributed by atoms with E-state index in [1.165, 1.54) is 6.33 Å². The molecule has 0 aliphatic heterocycles. The van der Waals surface area contributed by atoms with Crippen LogP contribution >= 0.6 is 11.6 Å². The third-order valence-corrected chi connectivity index (χ3v) is 5.07. The topological polar surface area (TPSA) is 81.3 Å². The van der Waals surface area contributed by atoms with Gasteiger partial charge in [-0.2, -0.15) is 0 Å². The van der Waals surface area contributed by atoms with Crippen molar-refractivity contribution in [3.05, 3.63) is 30.1 Å². The first-order valence-electron chi connectivity index (χ1n) is 9.37. The van der Waals surface area contributed by atoms with Gasteiger partial charge in [0.2, 0.25) is 0 Å². The molecule has 7 heteroatoms. The monoisotopic (exact) mass is 390 g/mol. The summed E-state index contributed by atoms with van der Waals surface area (Å²) in [5, 5.41) is 0.777. The van der Waals surface area contributed by atoms with Gasteiger partial charge in [0.15, 0.2) is 0 Å². The molecule has 0 radical (unpaired) electrons. The van der Waals surface area contributed by atoms with E-state index in [-0.39, 0.29) is 12.1 Å². The molecule has 27 heavy (non-hydrogen) atoms. The molecule has 2 atom stereocenters. The highest BCUT2D eigenvalue weighted by Crippen LogP contribution is 2.32. The van der Waals surface area contributed by atoms with Crippen LogP contribution in [0.2, 0.25) is 0 Å². The van der Waals surface area contributed by atoms with Crippen molar-refractivity contribution in [2.45, 2.75) is 70.0 Å². The largest absolute Gasteiger partial charge is 0.443 e. The molecule has 1 aromatic carbocycles. The number of halogens is 1. The third-order valence-electron chi connectivity index (χ3n) is 4.76. The van der Waals surface area contributed by atoms with E-state index in [9.17, 15) is 4.79 Å². The Morgan fingerprint density at radius 2 is 2.04 bits per heavy atom. The van der Waals surface area contributed by atoms with Crippen molar-refractivity contribution in [2.24, 2.45) is 5.73 Å². The number of ether oxygens (including phenoxy) is 1. The number of alkyl halides is 1. The average Bonchev–Trinajstić information content (AvgIpc) is 2.62. The van der Waals surface area contributed by atoms with Crippen LogP contribution in [-0.2, 0) is 10.6 Å². The Balaban J connectivity index is 2.12. The van der Waals surface area contributed by atoms with Gasteiger partial charge in [0.05, 0.1) is 11.6 Å². The molecule has 1 aliphatic carbocycles. The van der Waals surface area contributed by atoms with Gasteiger partial charge in [-0.15, -0.1) is 11.6 Å². The van der Waals surface area contributed by atoms with Crippen molar-refractivity contribution in [1.82, 2.24) is 9.97 Å². The van der Waals surface area contributed by atoms with E-state index in [0.717, 1.165) is 42.1 Å². The number of hydrogen-bond donors (Lipinski definition) is 1. The highest BCUT2D eigenvalue weighted by atomic mass is 35.5. The summed E-state index contributed by atoms with van der Waals surface area (Å²) in [4.78, 5) is 23.6. The number of rotatable bonds is 3. The molecule has 1 fully saturated rings. The molecule has 1 aromatic heterocycles. The lowest BCUT2D eigenvalue weighted by molar-refractivity contribution is 0.0552. The van der Waals surface area contributed by atoms with Crippen LogP contribution in [0, 0.1) is 0 Å². The molecule has 1 amide bonds. The second kappa shape index (κ2) is 7.98. The fourth-order valence-corrected chi connectivity index (χ4v) is 3.68. The van der Waals surface area contributed by atoms with Crippen molar-refractivity contribution in [3.63, 3.8) is 0 Å². The standard InChI is InChI=1S/C20H27ClN4O2/c1-20(2,3)27-19(26)25(17-7-5-4-6-15(17)22)18-14-10-13(11-21)8-9-16(14)23-12-24-18/h8-10,12,15,17H,4-7,11,22H2,1-3H3. The summed E-state index contributed by atoms with van der Waals surface area (Å²) >= 11 is 6.01. The SMILES string of the molecule is CC(C)(C)OC(=O)N(c1ncnc2ccc(CCl)cc12)C1CCCCC1N. The maximum atomic E-state index is 13.2. The fourth-order valence-electron chi connectivity index (χ4n) is 3.52.